The number of nitrogens with zero attached hydrogens (tertiary/aromatic N) is 1. The van der Waals surface area contributed by atoms with Crippen LogP contribution < -0.4 is 10.2 Å². The van der Waals surface area contributed by atoms with Gasteiger partial charge in [-0.3, -0.25) is 9.59 Å². The highest BCUT2D eigenvalue weighted by molar-refractivity contribution is 6.06. The van der Waals surface area contributed by atoms with Gasteiger partial charge in [0.1, 0.15) is 0 Å². The summed E-state index contributed by atoms with van der Waals surface area (Å²) in [6.45, 7) is 14.8. The van der Waals surface area contributed by atoms with Gasteiger partial charge in [-0.2, -0.15) is 0 Å². The zero-order valence-corrected chi connectivity index (χ0v) is 19.9. The van der Waals surface area contributed by atoms with E-state index in [9.17, 15) is 9.59 Å². The van der Waals surface area contributed by atoms with Crippen molar-refractivity contribution in [2.45, 2.75) is 73.1 Å². The zero-order chi connectivity index (χ0) is 22.6. The highest BCUT2D eigenvalue weighted by Crippen LogP contribution is 2.51. The fraction of sp³-hybridized carbons (Fsp3) is 0.556. The van der Waals surface area contributed by atoms with Gasteiger partial charge in [-0.25, -0.2) is 0 Å². The van der Waals surface area contributed by atoms with Crippen LogP contribution in [-0.4, -0.2) is 24.7 Å². The van der Waals surface area contributed by atoms with Crippen LogP contribution >= 0.6 is 0 Å². The van der Waals surface area contributed by atoms with Crippen LogP contribution in [-0.2, 0) is 9.59 Å². The van der Waals surface area contributed by atoms with E-state index >= 15 is 0 Å². The SMILES string of the molecule is CCN(CC)c1ccc(C2C3=C(CC(C)(C)CC3=O)NC3=C2C(=O)CC(C)(C)C3)cc1. The number of carbonyl (C=O) groups excluding carboxylic acids is 2. The molecule has 0 unspecified atom stereocenters. The Kier molecular flexibility index (Phi) is 5.39. The van der Waals surface area contributed by atoms with E-state index in [-0.39, 0.29) is 28.3 Å². The number of allylic oxidation sites excluding steroid dienone is 4. The van der Waals surface area contributed by atoms with E-state index in [4.69, 9.17) is 0 Å². The molecule has 0 atom stereocenters. The Labute approximate surface area is 186 Å². The molecule has 1 heterocycles. The van der Waals surface area contributed by atoms with Gasteiger partial charge in [0.15, 0.2) is 11.6 Å². The van der Waals surface area contributed by atoms with Gasteiger partial charge in [0.25, 0.3) is 0 Å². The summed E-state index contributed by atoms with van der Waals surface area (Å²) in [6, 6.07) is 8.52. The Morgan fingerprint density at radius 3 is 1.68 bits per heavy atom. The minimum atomic E-state index is -0.246. The molecule has 31 heavy (non-hydrogen) atoms. The number of hydrogen-bond donors (Lipinski definition) is 1. The van der Waals surface area contributed by atoms with Crippen LogP contribution in [0.2, 0.25) is 0 Å². The predicted octanol–water partition coefficient (Wildman–Crippen LogP) is 5.51. The first kappa shape index (κ1) is 21.9. The van der Waals surface area contributed by atoms with E-state index in [1.165, 1.54) is 5.69 Å². The molecular formula is C27H36N2O2. The van der Waals surface area contributed by atoms with Gasteiger partial charge in [-0.1, -0.05) is 39.8 Å². The van der Waals surface area contributed by atoms with Crippen LogP contribution in [0.25, 0.3) is 0 Å². The molecule has 1 aromatic rings. The first-order valence-electron chi connectivity index (χ1n) is 11.7. The Morgan fingerprint density at radius 1 is 0.806 bits per heavy atom. The van der Waals surface area contributed by atoms with Gasteiger partial charge in [-0.05, 0) is 55.2 Å². The molecule has 2 aliphatic carbocycles. The van der Waals surface area contributed by atoms with E-state index in [1.54, 1.807) is 0 Å². The third-order valence-corrected chi connectivity index (χ3v) is 7.07. The second kappa shape index (κ2) is 7.65. The van der Waals surface area contributed by atoms with E-state index in [1.807, 2.05) is 0 Å². The molecule has 0 radical (unpaired) electrons. The summed E-state index contributed by atoms with van der Waals surface area (Å²) in [6.07, 6.45) is 2.74. The van der Waals surface area contributed by atoms with Crippen molar-refractivity contribution in [2.24, 2.45) is 10.8 Å². The van der Waals surface area contributed by atoms with Crippen LogP contribution in [0.15, 0.2) is 46.8 Å². The Hall–Kier alpha value is -2.36. The smallest absolute Gasteiger partial charge is 0.162 e. The maximum atomic E-state index is 13.4. The predicted molar refractivity (Wildman–Crippen MR) is 126 cm³/mol. The first-order valence-corrected chi connectivity index (χ1v) is 11.7. The lowest BCUT2D eigenvalue weighted by atomic mass is 9.64. The fourth-order valence-corrected chi connectivity index (χ4v) is 5.69. The third kappa shape index (κ3) is 3.97. The van der Waals surface area contributed by atoms with Crippen LogP contribution in [0.5, 0.6) is 0 Å². The molecule has 4 nitrogen and oxygen atoms in total. The number of hydrogen-bond acceptors (Lipinski definition) is 4. The second-order valence-corrected chi connectivity index (χ2v) is 11.0. The van der Waals surface area contributed by atoms with E-state index in [2.05, 4.69) is 76.0 Å². The van der Waals surface area contributed by atoms with Crippen LogP contribution in [0, 0.1) is 10.8 Å². The molecule has 3 aliphatic rings. The average molecular weight is 421 g/mol. The van der Waals surface area contributed by atoms with Gasteiger partial charge >= 0.3 is 0 Å². The molecule has 4 heteroatoms. The maximum absolute atomic E-state index is 13.4. The summed E-state index contributed by atoms with van der Waals surface area (Å²) in [5.74, 6) is 0.116. The van der Waals surface area contributed by atoms with Gasteiger partial charge in [0.05, 0.1) is 0 Å². The average Bonchev–Trinajstić information content (AvgIpc) is 2.66. The monoisotopic (exact) mass is 420 g/mol. The molecule has 166 valence electrons. The minimum Gasteiger partial charge on any atom is -0.372 e. The molecular weight excluding hydrogens is 384 g/mol. The molecule has 4 rings (SSSR count). The molecule has 1 aromatic carbocycles. The number of carbonyl (C=O) groups is 2. The molecule has 0 aromatic heterocycles. The number of rotatable bonds is 4. The molecule has 0 spiro atoms. The lowest BCUT2D eigenvalue weighted by molar-refractivity contribution is -0.119. The normalized spacial score (nSPS) is 22.8. The molecule has 0 amide bonds. The summed E-state index contributed by atoms with van der Waals surface area (Å²) in [5, 5.41) is 3.59. The first-order chi connectivity index (χ1) is 14.5. The van der Waals surface area contributed by atoms with Crippen molar-refractivity contribution in [1.29, 1.82) is 0 Å². The summed E-state index contributed by atoms with van der Waals surface area (Å²) in [4.78, 5) is 29.0. The van der Waals surface area contributed by atoms with Crippen molar-refractivity contribution in [2.75, 3.05) is 18.0 Å². The van der Waals surface area contributed by atoms with Gasteiger partial charge in [0, 0.05) is 60.1 Å². The van der Waals surface area contributed by atoms with Crippen molar-refractivity contribution in [3.05, 3.63) is 52.4 Å². The topological polar surface area (TPSA) is 49.4 Å². The lowest BCUT2D eigenvalue weighted by Crippen LogP contribution is -2.42. The van der Waals surface area contributed by atoms with Crippen molar-refractivity contribution in [1.82, 2.24) is 5.32 Å². The Morgan fingerprint density at radius 2 is 1.26 bits per heavy atom. The second-order valence-electron chi connectivity index (χ2n) is 11.0. The van der Waals surface area contributed by atoms with Crippen molar-refractivity contribution in [3.8, 4) is 0 Å². The number of ketones is 2. The van der Waals surface area contributed by atoms with E-state index < -0.39 is 0 Å². The van der Waals surface area contributed by atoms with Gasteiger partial charge < -0.3 is 10.2 Å². The summed E-state index contributed by atoms with van der Waals surface area (Å²) >= 11 is 0. The molecule has 1 aliphatic heterocycles. The van der Waals surface area contributed by atoms with Crippen molar-refractivity contribution in [3.63, 3.8) is 0 Å². The quantitative estimate of drug-likeness (QED) is 0.698. The molecule has 0 fully saturated rings. The minimum absolute atomic E-state index is 0.0632. The lowest BCUT2D eigenvalue weighted by Gasteiger charge is -2.44. The van der Waals surface area contributed by atoms with Gasteiger partial charge in [-0.15, -0.1) is 0 Å². The zero-order valence-electron chi connectivity index (χ0n) is 19.9. The van der Waals surface area contributed by atoms with Crippen molar-refractivity contribution >= 4 is 17.3 Å². The van der Waals surface area contributed by atoms with Crippen molar-refractivity contribution < 1.29 is 9.59 Å². The van der Waals surface area contributed by atoms with E-state index in [0.717, 1.165) is 54.0 Å². The summed E-state index contributed by atoms with van der Waals surface area (Å²) in [7, 11) is 0. The standard InChI is InChI=1S/C27H36N2O2/c1-7-29(8-2)18-11-9-17(10-12-18)23-24-19(13-26(3,4)15-21(24)30)28-20-14-27(5,6)16-22(31)25(20)23/h9-12,23,28H,7-8,13-16H2,1-6H3. The Bertz CT molecular complexity index is 923. The summed E-state index contributed by atoms with van der Waals surface area (Å²) in [5.41, 5.74) is 5.81. The largest absolute Gasteiger partial charge is 0.372 e. The number of nitrogens with one attached hydrogen (secondary N) is 1. The van der Waals surface area contributed by atoms with Crippen LogP contribution in [0.3, 0.4) is 0 Å². The molecule has 0 saturated heterocycles. The maximum Gasteiger partial charge on any atom is 0.162 e. The van der Waals surface area contributed by atoms with Crippen LogP contribution in [0.1, 0.15) is 78.7 Å². The van der Waals surface area contributed by atoms with Gasteiger partial charge in [0.2, 0.25) is 0 Å². The fourth-order valence-electron chi connectivity index (χ4n) is 5.69. The number of anilines is 1. The Balaban J connectivity index is 1.84. The third-order valence-electron chi connectivity index (χ3n) is 7.07. The summed E-state index contributed by atoms with van der Waals surface area (Å²) < 4.78 is 0. The van der Waals surface area contributed by atoms with Crippen LogP contribution in [0.4, 0.5) is 5.69 Å². The highest BCUT2D eigenvalue weighted by Gasteiger charge is 2.46. The van der Waals surface area contributed by atoms with E-state index in [0.29, 0.717) is 12.8 Å². The number of benzene rings is 1. The highest BCUT2D eigenvalue weighted by atomic mass is 16.1. The number of Topliss-reactive ketones (excluding diaryl/α,β-unsaturated/α-hetero) is 2. The molecule has 1 N–H and O–H groups in total. The molecule has 0 bridgehead atoms. The molecule has 0 saturated carbocycles. The number of dihydropyridines is 1.